The summed E-state index contributed by atoms with van der Waals surface area (Å²) in [5, 5.41) is 0. The minimum atomic E-state index is 0.915. The molecule has 1 fully saturated rings. The van der Waals surface area contributed by atoms with E-state index < -0.39 is 0 Å². The van der Waals surface area contributed by atoms with Crippen LogP contribution in [0.1, 0.15) is 43.3 Å². The molecule has 0 aromatic carbocycles. The zero-order chi connectivity index (χ0) is 14.4. The molecule has 2 rings (SSSR count). The van der Waals surface area contributed by atoms with Crippen molar-refractivity contribution >= 4 is 6.08 Å². The number of hydrogen-bond donors (Lipinski definition) is 0. The van der Waals surface area contributed by atoms with Crippen molar-refractivity contribution in [1.82, 2.24) is 4.90 Å². The van der Waals surface area contributed by atoms with Crippen LogP contribution in [-0.2, 0) is 6.42 Å². The van der Waals surface area contributed by atoms with E-state index in [1.54, 1.807) is 6.08 Å². The number of hydrogen-bond acceptors (Lipinski definition) is 2. The van der Waals surface area contributed by atoms with Crippen LogP contribution < -0.4 is 0 Å². The monoisotopic (exact) mass is 273 g/mol. The average Bonchev–Trinajstić information content (AvgIpc) is 2.79. The van der Waals surface area contributed by atoms with Crippen LogP contribution in [0.4, 0.5) is 0 Å². The van der Waals surface area contributed by atoms with E-state index in [4.69, 9.17) is 4.42 Å². The molecule has 1 aliphatic heterocycles. The summed E-state index contributed by atoms with van der Waals surface area (Å²) in [4.78, 5) is 2.59. The van der Waals surface area contributed by atoms with Crippen molar-refractivity contribution < 1.29 is 4.42 Å². The zero-order valence-corrected chi connectivity index (χ0v) is 12.9. The fourth-order valence-corrected chi connectivity index (χ4v) is 2.77. The Balaban J connectivity index is 1.76. The number of piperidine rings is 1. The highest BCUT2D eigenvalue weighted by Gasteiger charge is 2.15. The topological polar surface area (TPSA) is 16.4 Å². The Bertz CT molecular complexity index is 450. The second-order valence-corrected chi connectivity index (χ2v) is 5.98. The Labute approximate surface area is 123 Å². The molecule has 1 aromatic heterocycles. The summed E-state index contributed by atoms with van der Waals surface area (Å²) >= 11 is 0. The first-order valence-electron chi connectivity index (χ1n) is 7.80. The van der Waals surface area contributed by atoms with E-state index in [0.29, 0.717) is 0 Å². The maximum Gasteiger partial charge on any atom is 0.129 e. The lowest BCUT2D eigenvalue weighted by Gasteiger charge is -2.29. The van der Waals surface area contributed by atoms with Crippen molar-refractivity contribution in [2.75, 3.05) is 19.6 Å². The zero-order valence-electron chi connectivity index (χ0n) is 12.9. The minimum absolute atomic E-state index is 0.915. The van der Waals surface area contributed by atoms with Crippen LogP contribution in [0.2, 0.25) is 0 Å². The summed E-state index contributed by atoms with van der Waals surface area (Å²) in [6.07, 6.45) is 10.6. The number of likely N-dealkylation sites (tertiary alicyclic amines) is 1. The Morgan fingerprint density at radius 1 is 1.40 bits per heavy atom. The molecule has 0 amide bonds. The molecule has 20 heavy (non-hydrogen) atoms. The molecule has 1 saturated heterocycles. The Morgan fingerprint density at radius 3 is 2.85 bits per heavy atom. The maximum atomic E-state index is 5.87. The summed E-state index contributed by atoms with van der Waals surface area (Å²) in [7, 11) is 0. The first-order chi connectivity index (χ1) is 9.69. The molecule has 1 aromatic rings. The van der Waals surface area contributed by atoms with Gasteiger partial charge in [-0.1, -0.05) is 25.7 Å². The Hall–Kier alpha value is -1.28. The van der Waals surface area contributed by atoms with Gasteiger partial charge in [0.1, 0.15) is 11.5 Å². The van der Waals surface area contributed by atoms with Gasteiger partial charge in [-0.3, -0.25) is 0 Å². The van der Waals surface area contributed by atoms with E-state index in [0.717, 1.165) is 23.9 Å². The summed E-state index contributed by atoms with van der Waals surface area (Å²) in [5.74, 6) is 2.99. The first-order valence-corrected chi connectivity index (χ1v) is 7.80. The molecule has 2 nitrogen and oxygen atoms in total. The summed E-state index contributed by atoms with van der Waals surface area (Å²) < 4.78 is 5.87. The summed E-state index contributed by atoms with van der Waals surface area (Å²) in [6.45, 7) is 11.9. The van der Waals surface area contributed by atoms with Gasteiger partial charge in [-0.05, 0) is 69.4 Å². The molecule has 0 saturated carbocycles. The molecule has 0 spiro atoms. The van der Waals surface area contributed by atoms with E-state index in [9.17, 15) is 0 Å². The minimum Gasteiger partial charge on any atom is -0.461 e. The second kappa shape index (κ2) is 7.49. The summed E-state index contributed by atoms with van der Waals surface area (Å²) in [6, 6.07) is 2.17. The van der Waals surface area contributed by atoms with Crippen molar-refractivity contribution in [1.29, 1.82) is 0 Å². The van der Waals surface area contributed by atoms with Gasteiger partial charge in [0, 0.05) is 6.42 Å². The van der Waals surface area contributed by atoms with Crippen LogP contribution in [0.25, 0.3) is 6.08 Å². The van der Waals surface area contributed by atoms with Crippen LogP contribution in [-0.4, -0.2) is 24.5 Å². The largest absolute Gasteiger partial charge is 0.461 e. The third-order valence-electron chi connectivity index (χ3n) is 4.16. The van der Waals surface area contributed by atoms with Gasteiger partial charge in [0.2, 0.25) is 0 Å². The summed E-state index contributed by atoms with van der Waals surface area (Å²) in [5.41, 5.74) is 1.21. The van der Waals surface area contributed by atoms with E-state index in [2.05, 4.69) is 31.4 Å². The fourth-order valence-electron chi connectivity index (χ4n) is 2.77. The Morgan fingerprint density at radius 2 is 2.15 bits per heavy atom. The van der Waals surface area contributed by atoms with Crippen LogP contribution in [0.3, 0.4) is 0 Å². The fraction of sp³-hybridized carbons (Fsp3) is 0.556. The lowest BCUT2D eigenvalue weighted by atomic mass is 9.99. The van der Waals surface area contributed by atoms with Crippen LogP contribution >= 0.6 is 0 Å². The third-order valence-corrected chi connectivity index (χ3v) is 4.16. The molecule has 110 valence electrons. The van der Waals surface area contributed by atoms with Crippen molar-refractivity contribution in [3.8, 4) is 0 Å². The van der Waals surface area contributed by atoms with Crippen LogP contribution in [0.5, 0.6) is 0 Å². The number of nitrogens with zero attached hydrogens (tertiary/aromatic N) is 1. The molecular weight excluding hydrogens is 246 g/mol. The van der Waals surface area contributed by atoms with Crippen molar-refractivity contribution in [2.45, 2.75) is 39.5 Å². The number of rotatable bonds is 6. The van der Waals surface area contributed by atoms with Gasteiger partial charge in [0.25, 0.3) is 0 Å². The van der Waals surface area contributed by atoms with E-state index in [1.807, 2.05) is 12.2 Å². The van der Waals surface area contributed by atoms with Crippen LogP contribution in [0, 0.1) is 12.8 Å². The molecule has 1 aliphatic rings. The van der Waals surface area contributed by atoms with Gasteiger partial charge in [-0.2, -0.15) is 0 Å². The van der Waals surface area contributed by atoms with E-state index in [-0.39, 0.29) is 0 Å². The average molecular weight is 273 g/mol. The third kappa shape index (κ3) is 4.38. The number of allylic oxidation sites excluding steroid dienone is 2. The predicted octanol–water partition coefficient (Wildman–Crippen LogP) is 4.45. The Kier molecular flexibility index (Phi) is 5.66. The lowest BCUT2D eigenvalue weighted by molar-refractivity contribution is 0.190. The van der Waals surface area contributed by atoms with Gasteiger partial charge >= 0.3 is 0 Å². The highest BCUT2D eigenvalue weighted by molar-refractivity contribution is 5.49. The molecule has 0 atom stereocenters. The number of furan rings is 1. The lowest BCUT2D eigenvalue weighted by Crippen LogP contribution is -2.33. The van der Waals surface area contributed by atoms with Gasteiger partial charge < -0.3 is 9.32 Å². The molecule has 0 N–H and O–H groups in total. The number of aryl methyl sites for hydroxylation is 2. The SMILES string of the molecule is C=C/C=C\c1oc(CCCN2CCC(C)CC2)cc1C. The maximum absolute atomic E-state index is 5.87. The normalized spacial score (nSPS) is 17.9. The highest BCUT2D eigenvalue weighted by atomic mass is 16.3. The predicted molar refractivity (Wildman–Crippen MR) is 85.8 cm³/mol. The molecule has 0 radical (unpaired) electrons. The smallest absolute Gasteiger partial charge is 0.129 e. The van der Waals surface area contributed by atoms with Gasteiger partial charge in [0.15, 0.2) is 0 Å². The molecule has 0 bridgehead atoms. The quantitative estimate of drug-likeness (QED) is 0.712. The molecule has 0 unspecified atom stereocenters. The van der Waals surface area contributed by atoms with Gasteiger partial charge in [0.05, 0.1) is 0 Å². The van der Waals surface area contributed by atoms with Gasteiger partial charge in [-0.25, -0.2) is 0 Å². The molecule has 2 heterocycles. The second-order valence-electron chi connectivity index (χ2n) is 5.98. The standard InChI is InChI=1S/C18H27NO/c1-4-5-8-18-16(3)14-17(20-18)7-6-11-19-12-9-15(2)10-13-19/h4-5,8,14-15H,1,6-7,9-13H2,2-3H3/b8-5-. The first kappa shape index (κ1) is 15.1. The van der Waals surface area contributed by atoms with Crippen LogP contribution in [0.15, 0.2) is 29.2 Å². The molecule has 2 heteroatoms. The van der Waals surface area contributed by atoms with Crippen molar-refractivity contribution in [3.63, 3.8) is 0 Å². The molecule has 0 aliphatic carbocycles. The van der Waals surface area contributed by atoms with E-state index in [1.165, 1.54) is 44.5 Å². The molecular formula is C18H27NO. The highest BCUT2D eigenvalue weighted by Crippen LogP contribution is 2.19. The van der Waals surface area contributed by atoms with Crippen molar-refractivity contribution in [3.05, 3.63) is 41.9 Å². The van der Waals surface area contributed by atoms with Crippen molar-refractivity contribution in [2.24, 2.45) is 5.92 Å². The van der Waals surface area contributed by atoms with E-state index >= 15 is 0 Å². The van der Waals surface area contributed by atoms with Gasteiger partial charge in [-0.15, -0.1) is 0 Å².